The molecule has 7 heteroatoms. The third kappa shape index (κ3) is 4.46. The molecule has 4 fully saturated rings. The molecule has 0 unspecified atom stereocenters. The quantitative estimate of drug-likeness (QED) is 0.608. The van der Waals surface area contributed by atoms with E-state index in [9.17, 15) is 13.2 Å². The van der Waals surface area contributed by atoms with Gasteiger partial charge in [-0.3, -0.25) is 4.79 Å². The molecule has 6 rings (SSSR count). The normalized spacial score (nSPS) is 26.1. The molecule has 33 heavy (non-hydrogen) atoms. The topological polar surface area (TPSA) is 80.2 Å². The smallest absolute Gasteiger partial charge is 0.240 e. The standard InChI is InChI=1S/C26H35N3O3S/c1-29-23(16-2-3-16)14-20-10-13-22(15-24(20)29)33(31,32)28-21-11-8-19(9-12-21)26(30)27-25(17-4-5-17)18-6-7-18/h10,13-19,21,25,28H,2-9,11-12H2,1H3,(H,27,30). The number of nitrogens with one attached hydrogen (secondary N) is 2. The Morgan fingerprint density at radius 3 is 2.21 bits per heavy atom. The first-order valence-electron chi connectivity index (χ1n) is 12.8. The molecular formula is C26H35N3O3S. The van der Waals surface area contributed by atoms with Gasteiger partial charge in [0.1, 0.15) is 0 Å². The van der Waals surface area contributed by atoms with Crippen LogP contribution >= 0.6 is 0 Å². The summed E-state index contributed by atoms with van der Waals surface area (Å²) in [6, 6.07) is 7.93. The summed E-state index contributed by atoms with van der Waals surface area (Å²) in [6.07, 6.45) is 10.4. The molecule has 0 saturated heterocycles. The van der Waals surface area contributed by atoms with Crippen LogP contribution in [0.4, 0.5) is 0 Å². The molecule has 0 aliphatic heterocycles. The van der Waals surface area contributed by atoms with Crippen LogP contribution in [0, 0.1) is 17.8 Å². The van der Waals surface area contributed by atoms with E-state index >= 15 is 0 Å². The first kappa shape index (κ1) is 21.7. The van der Waals surface area contributed by atoms with Gasteiger partial charge in [-0.15, -0.1) is 0 Å². The predicted octanol–water partition coefficient (Wildman–Crippen LogP) is 4.20. The highest BCUT2D eigenvalue weighted by atomic mass is 32.2. The fraction of sp³-hybridized carbons (Fsp3) is 0.654. The molecule has 1 heterocycles. The Hall–Kier alpha value is -1.86. The summed E-state index contributed by atoms with van der Waals surface area (Å²) in [5, 5.41) is 4.45. The maximum atomic E-state index is 13.1. The number of benzene rings is 1. The summed E-state index contributed by atoms with van der Waals surface area (Å²) >= 11 is 0. The second kappa shape index (κ2) is 8.12. The minimum atomic E-state index is -3.59. The summed E-state index contributed by atoms with van der Waals surface area (Å²) in [7, 11) is -1.56. The summed E-state index contributed by atoms with van der Waals surface area (Å²) < 4.78 is 31.3. The largest absolute Gasteiger partial charge is 0.353 e. The average Bonchev–Trinajstić information content (AvgIpc) is 3.67. The number of amides is 1. The van der Waals surface area contributed by atoms with Crippen LogP contribution < -0.4 is 10.0 Å². The second-order valence-corrected chi connectivity index (χ2v) is 12.7. The SMILES string of the molecule is Cn1c(C2CC2)cc2ccc(S(=O)(=O)NC3CCC(C(=O)NC(C4CC4)C4CC4)CC3)cc21. The molecule has 0 radical (unpaired) electrons. The first-order valence-corrected chi connectivity index (χ1v) is 14.3. The lowest BCUT2D eigenvalue weighted by Gasteiger charge is -2.29. The molecule has 0 atom stereocenters. The van der Waals surface area contributed by atoms with Crippen molar-refractivity contribution < 1.29 is 13.2 Å². The minimum Gasteiger partial charge on any atom is -0.353 e. The van der Waals surface area contributed by atoms with E-state index in [-0.39, 0.29) is 17.9 Å². The zero-order chi connectivity index (χ0) is 22.7. The van der Waals surface area contributed by atoms with Gasteiger partial charge in [0, 0.05) is 36.3 Å². The molecule has 1 amide bonds. The van der Waals surface area contributed by atoms with Gasteiger partial charge >= 0.3 is 0 Å². The van der Waals surface area contributed by atoms with Crippen molar-refractivity contribution in [1.82, 2.24) is 14.6 Å². The number of aromatic nitrogens is 1. The van der Waals surface area contributed by atoms with Crippen LogP contribution in [0.15, 0.2) is 29.2 Å². The van der Waals surface area contributed by atoms with Crippen molar-refractivity contribution >= 4 is 26.8 Å². The van der Waals surface area contributed by atoms with Crippen LogP contribution in [0.1, 0.15) is 75.8 Å². The Labute approximate surface area is 196 Å². The van der Waals surface area contributed by atoms with Gasteiger partial charge in [0.15, 0.2) is 0 Å². The molecule has 2 aromatic rings. The molecule has 4 saturated carbocycles. The van der Waals surface area contributed by atoms with Crippen molar-refractivity contribution in [1.29, 1.82) is 0 Å². The Balaban J connectivity index is 1.08. The Morgan fingerprint density at radius 1 is 0.939 bits per heavy atom. The van der Waals surface area contributed by atoms with E-state index in [1.807, 2.05) is 13.1 Å². The van der Waals surface area contributed by atoms with Crippen LogP contribution in [0.3, 0.4) is 0 Å². The number of hydrogen-bond donors (Lipinski definition) is 2. The van der Waals surface area contributed by atoms with Gasteiger partial charge < -0.3 is 9.88 Å². The minimum absolute atomic E-state index is 0.0197. The van der Waals surface area contributed by atoms with Gasteiger partial charge in [-0.1, -0.05) is 6.07 Å². The highest BCUT2D eigenvalue weighted by Gasteiger charge is 2.43. The molecule has 1 aromatic carbocycles. The van der Waals surface area contributed by atoms with Gasteiger partial charge in [0.25, 0.3) is 0 Å². The molecule has 4 aliphatic carbocycles. The van der Waals surface area contributed by atoms with Crippen LogP contribution in [0.5, 0.6) is 0 Å². The fourth-order valence-corrected chi connectivity index (χ4v) is 7.17. The van der Waals surface area contributed by atoms with Crippen LogP contribution in [0.25, 0.3) is 10.9 Å². The molecule has 1 aromatic heterocycles. The highest BCUT2D eigenvalue weighted by molar-refractivity contribution is 7.89. The first-order chi connectivity index (χ1) is 15.9. The third-order valence-electron chi connectivity index (χ3n) is 8.35. The predicted molar refractivity (Wildman–Crippen MR) is 128 cm³/mol. The van der Waals surface area contributed by atoms with E-state index in [2.05, 4.69) is 20.7 Å². The van der Waals surface area contributed by atoms with Crippen LogP contribution in [-0.4, -0.2) is 31.0 Å². The van der Waals surface area contributed by atoms with E-state index in [0.717, 1.165) is 23.7 Å². The molecular weight excluding hydrogens is 434 g/mol. The Bertz CT molecular complexity index is 1150. The van der Waals surface area contributed by atoms with Crippen LogP contribution in [-0.2, 0) is 21.9 Å². The molecule has 178 valence electrons. The third-order valence-corrected chi connectivity index (χ3v) is 9.87. The van der Waals surface area contributed by atoms with Crippen LogP contribution in [0.2, 0.25) is 0 Å². The van der Waals surface area contributed by atoms with Crippen molar-refractivity contribution in [2.45, 2.75) is 87.1 Å². The lowest BCUT2D eigenvalue weighted by molar-refractivity contribution is -0.127. The van der Waals surface area contributed by atoms with Crippen molar-refractivity contribution in [2.75, 3.05) is 0 Å². The number of aryl methyl sites for hydroxylation is 1. The van der Waals surface area contributed by atoms with E-state index in [1.165, 1.54) is 44.2 Å². The molecule has 0 bridgehead atoms. The van der Waals surface area contributed by atoms with E-state index in [1.54, 1.807) is 12.1 Å². The van der Waals surface area contributed by atoms with E-state index in [0.29, 0.717) is 41.5 Å². The zero-order valence-electron chi connectivity index (χ0n) is 19.4. The zero-order valence-corrected chi connectivity index (χ0v) is 20.2. The van der Waals surface area contributed by atoms with Gasteiger partial charge in [0.05, 0.1) is 4.90 Å². The summed E-state index contributed by atoms with van der Waals surface area (Å²) in [5.74, 6) is 2.24. The highest BCUT2D eigenvalue weighted by Crippen LogP contribution is 2.45. The van der Waals surface area contributed by atoms with Gasteiger partial charge in [0.2, 0.25) is 15.9 Å². The Kier molecular flexibility index (Phi) is 5.33. The van der Waals surface area contributed by atoms with Crippen molar-refractivity contribution in [3.05, 3.63) is 30.0 Å². The molecule has 0 spiro atoms. The van der Waals surface area contributed by atoms with Crippen molar-refractivity contribution in [3.63, 3.8) is 0 Å². The maximum Gasteiger partial charge on any atom is 0.240 e. The van der Waals surface area contributed by atoms with E-state index < -0.39 is 10.0 Å². The van der Waals surface area contributed by atoms with E-state index in [4.69, 9.17) is 0 Å². The molecule has 6 nitrogen and oxygen atoms in total. The molecule has 2 N–H and O–H groups in total. The number of carbonyl (C=O) groups excluding carboxylic acids is 1. The fourth-order valence-electron chi connectivity index (χ4n) is 5.84. The number of rotatable bonds is 8. The van der Waals surface area contributed by atoms with Gasteiger partial charge in [-0.25, -0.2) is 13.1 Å². The number of hydrogen-bond acceptors (Lipinski definition) is 3. The number of carbonyl (C=O) groups is 1. The summed E-state index contributed by atoms with van der Waals surface area (Å²) in [5.41, 5.74) is 2.27. The number of fused-ring (bicyclic) bond motifs is 1. The summed E-state index contributed by atoms with van der Waals surface area (Å²) in [4.78, 5) is 13.2. The van der Waals surface area contributed by atoms with Crippen molar-refractivity contribution in [2.24, 2.45) is 24.8 Å². The average molecular weight is 470 g/mol. The summed E-state index contributed by atoms with van der Waals surface area (Å²) in [6.45, 7) is 0. The maximum absolute atomic E-state index is 13.1. The van der Waals surface area contributed by atoms with Crippen molar-refractivity contribution in [3.8, 4) is 0 Å². The second-order valence-electron chi connectivity index (χ2n) is 11.0. The lowest BCUT2D eigenvalue weighted by Crippen LogP contribution is -2.44. The number of sulfonamides is 1. The lowest BCUT2D eigenvalue weighted by atomic mass is 9.85. The Morgan fingerprint density at radius 2 is 1.61 bits per heavy atom. The number of nitrogens with zero attached hydrogens (tertiary/aromatic N) is 1. The monoisotopic (exact) mass is 469 g/mol. The van der Waals surface area contributed by atoms with Gasteiger partial charge in [-0.2, -0.15) is 0 Å². The van der Waals surface area contributed by atoms with Gasteiger partial charge in [-0.05, 0) is 106 Å². The molecule has 4 aliphatic rings.